The van der Waals surface area contributed by atoms with Crippen molar-refractivity contribution >= 4 is 0 Å². The molecule has 0 rings (SSSR count). The fraction of sp³-hybridized carbons (Fsp3) is 1.00. The Kier molecular flexibility index (Phi) is 5.51. The summed E-state index contributed by atoms with van der Waals surface area (Å²) >= 11 is 0. The summed E-state index contributed by atoms with van der Waals surface area (Å²) in [6, 6.07) is 0. The Hall–Kier alpha value is -0.0800. The average Bonchev–Trinajstić information content (AvgIpc) is 1.98. The van der Waals surface area contributed by atoms with E-state index >= 15 is 0 Å². The van der Waals surface area contributed by atoms with E-state index < -0.39 is 0 Å². The van der Waals surface area contributed by atoms with Crippen molar-refractivity contribution in [2.45, 2.75) is 39.7 Å². The van der Waals surface area contributed by atoms with Crippen LogP contribution in [0.1, 0.15) is 33.6 Å². The van der Waals surface area contributed by atoms with Crippen LogP contribution in [0.4, 0.5) is 0 Å². The van der Waals surface area contributed by atoms with Gasteiger partial charge in [-0.15, -0.1) is 0 Å². The van der Waals surface area contributed by atoms with Crippen molar-refractivity contribution in [2.24, 2.45) is 17.6 Å². The molecule has 0 aromatic carbocycles. The largest absolute Gasteiger partial charge is 0.393 e. The molecule has 0 radical (unpaired) electrons. The maximum absolute atomic E-state index is 9.14. The lowest BCUT2D eigenvalue weighted by Gasteiger charge is -2.22. The molecule has 0 amide bonds. The number of hydrogen-bond acceptors (Lipinski definition) is 2. The van der Waals surface area contributed by atoms with Crippen LogP contribution in [0.25, 0.3) is 0 Å². The first-order valence-electron chi connectivity index (χ1n) is 4.49. The van der Waals surface area contributed by atoms with Gasteiger partial charge in [-0.25, -0.2) is 0 Å². The summed E-state index contributed by atoms with van der Waals surface area (Å²) in [6.45, 7) is 6.88. The third-order valence-electron chi connectivity index (χ3n) is 2.40. The zero-order chi connectivity index (χ0) is 8.85. The predicted molar refractivity (Wildman–Crippen MR) is 48.3 cm³/mol. The van der Waals surface area contributed by atoms with Gasteiger partial charge in [-0.1, -0.05) is 20.3 Å². The molecular weight excluding hydrogens is 138 g/mol. The first-order chi connectivity index (χ1) is 5.11. The van der Waals surface area contributed by atoms with Crippen molar-refractivity contribution < 1.29 is 5.11 Å². The van der Waals surface area contributed by atoms with E-state index in [1.807, 2.05) is 6.92 Å². The number of aliphatic hydroxyl groups is 1. The van der Waals surface area contributed by atoms with Crippen LogP contribution in [-0.4, -0.2) is 17.8 Å². The SMILES string of the molecule is CCC(C)C(CN)CC(C)O. The van der Waals surface area contributed by atoms with Gasteiger partial charge in [0, 0.05) is 0 Å². The Balaban J connectivity index is 3.74. The first kappa shape index (κ1) is 10.9. The van der Waals surface area contributed by atoms with E-state index in [0.29, 0.717) is 18.4 Å². The Labute approximate surface area is 69.8 Å². The summed E-state index contributed by atoms with van der Waals surface area (Å²) in [6.07, 6.45) is 1.78. The van der Waals surface area contributed by atoms with Gasteiger partial charge in [0.05, 0.1) is 6.10 Å². The van der Waals surface area contributed by atoms with E-state index in [-0.39, 0.29) is 6.10 Å². The molecule has 0 fully saturated rings. The van der Waals surface area contributed by atoms with Crippen LogP contribution in [0, 0.1) is 11.8 Å². The number of hydrogen-bond donors (Lipinski definition) is 2. The van der Waals surface area contributed by atoms with Crippen LogP contribution in [-0.2, 0) is 0 Å². The van der Waals surface area contributed by atoms with Crippen LogP contribution in [0.3, 0.4) is 0 Å². The summed E-state index contributed by atoms with van der Waals surface area (Å²) in [5, 5.41) is 9.14. The van der Waals surface area contributed by atoms with Crippen LogP contribution >= 0.6 is 0 Å². The molecule has 0 aliphatic carbocycles. The van der Waals surface area contributed by atoms with E-state index in [1.165, 1.54) is 0 Å². The smallest absolute Gasteiger partial charge is 0.0515 e. The van der Waals surface area contributed by atoms with E-state index in [9.17, 15) is 0 Å². The average molecular weight is 159 g/mol. The van der Waals surface area contributed by atoms with Gasteiger partial charge in [0.15, 0.2) is 0 Å². The fourth-order valence-corrected chi connectivity index (χ4v) is 1.33. The summed E-state index contributed by atoms with van der Waals surface area (Å²) in [7, 11) is 0. The number of aliphatic hydroxyl groups excluding tert-OH is 1. The minimum atomic E-state index is -0.211. The molecule has 0 saturated heterocycles. The molecule has 2 nitrogen and oxygen atoms in total. The molecule has 68 valence electrons. The summed E-state index contributed by atoms with van der Waals surface area (Å²) in [5.41, 5.74) is 5.59. The maximum atomic E-state index is 9.14. The lowest BCUT2D eigenvalue weighted by Crippen LogP contribution is -2.24. The highest BCUT2D eigenvalue weighted by Gasteiger charge is 2.15. The van der Waals surface area contributed by atoms with E-state index in [1.54, 1.807) is 0 Å². The van der Waals surface area contributed by atoms with Crippen molar-refractivity contribution in [2.75, 3.05) is 6.54 Å². The molecule has 0 saturated carbocycles. The molecule has 3 unspecified atom stereocenters. The van der Waals surface area contributed by atoms with Gasteiger partial charge in [0.2, 0.25) is 0 Å². The third-order valence-corrected chi connectivity index (χ3v) is 2.40. The van der Waals surface area contributed by atoms with Gasteiger partial charge < -0.3 is 10.8 Å². The van der Waals surface area contributed by atoms with Crippen LogP contribution in [0.2, 0.25) is 0 Å². The number of rotatable bonds is 5. The van der Waals surface area contributed by atoms with Crippen molar-refractivity contribution in [3.63, 3.8) is 0 Å². The van der Waals surface area contributed by atoms with E-state index in [2.05, 4.69) is 13.8 Å². The zero-order valence-corrected chi connectivity index (χ0v) is 7.88. The minimum Gasteiger partial charge on any atom is -0.393 e. The first-order valence-corrected chi connectivity index (χ1v) is 4.49. The van der Waals surface area contributed by atoms with Gasteiger partial charge >= 0.3 is 0 Å². The van der Waals surface area contributed by atoms with Crippen LogP contribution < -0.4 is 5.73 Å². The summed E-state index contributed by atoms with van der Waals surface area (Å²) < 4.78 is 0. The molecule has 11 heavy (non-hydrogen) atoms. The Morgan fingerprint density at radius 2 is 1.91 bits per heavy atom. The molecule has 0 aromatic heterocycles. The third kappa shape index (κ3) is 4.38. The van der Waals surface area contributed by atoms with E-state index in [4.69, 9.17) is 10.8 Å². The quantitative estimate of drug-likeness (QED) is 0.636. The summed E-state index contributed by atoms with van der Waals surface area (Å²) in [4.78, 5) is 0. The molecular formula is C9H21NO. The van der Waals surface area contributed by atoms with Gasteiger partial charge in [0.1, 0.15) is 0 Å². The van der Waals surface area contributed by atoms with Gasteiger partial charge in [-0.05, 0) is 31.7 Å². The van der Waals surface area contributed by atoms with Gasteiger partial charge in [-0.2, -0.15) is 0 Å². The highest BCUT2D eigenvalue weighted by molar-refractivity contribution is 4.68. The Bertz CT molecular complexity index is 93.6. The molecule has 0 aromatic rings. The van der Waals surface area contributed by atoms with Crippen molar-refractivity contribution in [3.8, 4) is 0 Å². The second-order valence-electron chi connectivity index (χ2n) is 3.47. The van der Waals surface area contributed by atoms with Crippen molar-refractivity contribution in [1.29, 1.82) is 0 Å². The highest BCUT2D eigenvalue weighted by atomic mass is 16.3. The molecule has 0 bridgehead atoms. The molecule has 0 aliphatic heterocycles. The minimum absolute atomic E-state index is 0.211. The number of nitrogens with two attached hydrogens (primary N) is 1. The monoisotopic (exact) mass is 159 g/mol. The second-order valence-corrected chi connectivity index (χ2v) is 3.47. The normalized spacial score (nSPS) is 19.4. The maximum Gasteiger partial charge on any atom is 0.0515 e. The Morgan fingerprint density at radius 3 is 2.18 bits per heavy atom. The predicted octanol–water partition coefficient (Wildman–Crippen LogP) is 1.38. The second kappa shape index (κ2) is 5.56. The van der Waals surface area contributed by atoms with Gasteiger partial charge in [-0.3, -0.25) is 0 Å². The highest BCUT2D eigenvalue weighted by Crippen LogP contribution is 2.18. The molecule has 0 aliphatic rings. The lowest BCUT2D eigenvalue weighted by molar-refractivity contribution is 0.144. The molecule has 3 N–H and O–H groups in total. The molecule has 0 heterocycles. The Morgan fingerprint density at radius 1 is 1.36 bits per heavy atom. The molecule has 0 spiro atoms. The standard InChI is InChI=1S/C9H21NO/c1-4-7(2)9(6-10)5-8(3)11/h7-9,11H,4-6,10H2,1-3H3. The molecule has 3 atom stereocenters. The summed E-state index contributed by atoms with van der Waals surface area (Å²) in [5.74, 6) is 1.12. The lowest BCUT2D eigenvalue weighted by atomic mass is 9.87. The zero-order valence-electron chi connectivity index (χ0n) is 7.88. The van der Waals surface area contributed by atoms with Gasteiger partial charge in [0.25, 0.3) is 0 Å². The molecule has 2 heteroatoms. The fourth-order valence-electron chi connectivity index (χ4n) is 1.33. The van der Waals surface area contributed by atoms with Crippen LogP contribution in [0.5, 0.6) is 0 Å². The van der Waals surface area contributed by atoms with Crippen molar-refractivity contribution in [1.82, 2.24) is 0 Å². The van der Waals surface area contributed by atoms with Crippen molar-refractivity contribution in [3.05, 3.63) is 0 Å². The van der Waals surface area contributed by atoms with E-state index in [0.717, 1.165) is 12.8 Å². The van der Waals surface area contributed by atoms with Crippen LogP contribution in [0.15, 0.2) is 0 Å². The topological polar surface area (TPSA) is 46.2 Å².